The molecule has 190 valence electrons. The molecule has 0 aliphatic rings. The number of ether oxygens (including phenoxy) is 1. The van der Waals surface area contributed by atoms with E-state index in [1.54, 1.807) is 12.3 Å². The van der Waals surface area contributed by atoms with E-state index in [1.165, 1.54) is 0 Å². The van der Waals surface area contributed by atoms with Crippen molar-refractivity contribution in [3.63, 3.8) is 0 Å². The number of nitriles is 1. The molecule has 8 nitrogen and oxygen atoms in total. The van der Waals surface area contributed by atoms with Gasteiger partial charge in [-0.3, -0.25) is 9.97 Å². The Hall–Kier alpha value is -4.74. The molecule has 5 aromatic rings. The maximum Gasteiger partial charge on any atom is 0.138 e. The number of pyridine rings is 2. The minimum Gasteiger partial charge on any atom is -0.492 e. The highest BCUT2D eigenvalue weighted by molar-refractivity contribution is 5.87. The van der Waals surface area contributed by atoms with Crippen LogP contribution in [0.5, 0.6) is 5.75 Å². The number of nitrogens with two attached hydrogens (primary N) is 1. The molecule has 4 N–H and O–H groups in total. The normalized spacial score (nSPS) is 10.9. The molecule has 0 amide bonds. The average molecular weight is 504 g/mol. The molecule has 0 saturated carbocycles. The molecular weight excluding hydrogens is 474 g/mol. The first-order valence-corrected chi connectivity index (χ1v) is 12.6. The van der Waals surface area contributed by atoms with Gasteiger partial charge in [0.05, 0.1) is 47.5 Å². The van der Waals surface area contributed by atoms with Crippen molar-refractivity contribution in [3.05, 3.63) is 90.0 Å². The van der Waals surface area contributed by atoms with Gasteiger partial charge < -0.3 is 20.8 Å². The number of hydrogen-bond donors (Lipinski definition) is 3. The van der Waals surface area contributed by atoms with Gasteiger partial charge in [-0.25, -0.2) is 4.98 Å². The van der Waals surface area contributed by atoms with E-state index < -0.39 is 0 Å². The van der Waals surface area contributed by atoms with Gasteiger partial charge in [0.2, 0.25) is 0 Å². The molecule has 3 heterocycles. The Morgan fingerprint density at radius 1 is 1.03 bits per heavy atom. The number of anilines is 1. The number of nitrogens with one attached hydrogen (secondary N) is 2. The van der Waals surface area contributed by atoms with Crippen molar-refractivity contribution >= 4 is 16.6 Å². The van der Waals surface area contributed by atoms with Gasteiger partial charge in [-0.15, -0.1) is 0 Å². The number of H-pyrrole nitrogens is 1. The molecule has 8 heteroatoms. The van der Waals surface area contributed by atoms with Gasteiger partial charge in [0, 0.05) is 16.6 Å². The second-order valence-corrected chi connectivity index (χ2v) is 9.00. The lowest BCUT2D eigenvalue weighted by Crippen LogP contribution is -2.03. The summed E-state index contributed by atoms with van der Waals surface area (Å²) in [6, 6.07) is 23.7. The van der Waals surface area contributed by atoms with Gasteiger partial charge in [0.15, 0.2) is 0 Å². The van der Waals surface area contributed by atoms with Gasteiger partial charge in [-0.1, -0.05) is 24.3 Å². The second-order valence-electron chi connectivity index (χ2n) is 9.00. The summed E-state index contributed by atoms with van der Waals surface area (Å²) in [5.41, 5.74) is 12.1. The van der Waals surface area contributed by atoms with Crippen LogP contribution in [0.3, 0.4) is 0 Å². The number of fused-ring (bicyclic) bond motifs is 1. The third-order valence-corrected chi connectivity index (χ3v) is 6.19. The summed E-state index contributed by atoms with van der Waals surface area (Å²) in [5, 5.41) is 13.7. The van der Waals surface area contributed by atoms with Crippen molar-refractivity contribution in [1.29, 1.82) is 5.26 Å². The number of aromatic nitrogens is 4. The molecule has 0 aliphatic heterocycles. The zero-order valence-corrected chi connectivity index (χ0v) is 21.2. The van der Waals surface area contributed by atoms with Crippen LogP contribution in [0.25, 0.3) is 33.5 Å². The van der Waals surface area contributed by atoms with Gasteiger partial charge in [-0.2, -0.15) is 5.26 Å². The summed E-state index contributed by atoms with van der Waals surface area (Å²) in [6.45, 7) is 3.66. The zero-order chi connectivity index (χ0) is 26.3. The fourth-order valence-corrected chi connectivity index (χ4v) is 4.27. The monoisotopic (exact) mass is 503 g/mol. The number of para-hydroxylation sites is 1. The standard InChI is InChI=1S/C30H29N7O/c1-20-7-6-10-27(35-20)30-29(36-28(37-30)19-34-25-9-3-2-8-22(25)17-32)21-11-12-26-23(15-21)16-24(18-33-26)38-14-5-4-13-31/h2-3,6-12,15-16,18,34H,4-5,13-14,19,31H2,1H3,(H,36,37). The van der Waals surface area contributed by atoms with Crippen molar-refractivity contribution in [2.75, 3.05) is 18.5 Å². The molecule has 0 saturated heterocycles. The maximum absolute atomic E-state index is 9.42. The maximum atomic E-state index is 9.42. The summed E-state index contributed by atoms with van der Waals surface area (Å²) in [4.78, 5) is 17.7. The molecule has 0 atom stereocenters. The van der Waals surface area contributed by atoms with Gasteiger partial charge in [0.25, 0.3) is 0 Å². The van der Waals surface area contributed by atoms with Crippen LogP contribution in [0.4, 0.5) is 5.69 Å². The van der Waals surface area contributed by atoms with Crippen molar-refractivity contribution in [1.82, 2.24) is 19.9 Å². The summed E-state index contributed by atoms with van der Waals surface area (Å²) in [6.07, 6.45) is 3.59. The van der Waals surface area contributed by atoms with E-state index in [1.807, 2.05) is 61.5 Å². The van der Waals surface area contributed by atoms with Gasteiger partial charge in [-0.05, 0) is 68.8 Å². The molecule has 3 aromatic heterocycles. The van der Waals surface area contributed by atoms with Crippen LogP contribution in [0, 0.1) is 18.3 Å². The highest BCUT2D eigenvalue weighted by Gasteiger charge is 2.16. The lowest BCUT2D eigenvalue weighted by atomic mass is 10.1. The minimum absolute atomic E-state index is 0.424. The summed E-state index contributed by atoms with van der Waals surface area (Å²) in [5.74, 6) is 1.47. The first kappa shape index (κ1) is 24.9. The third-order valence-electron chi connectivity index (χ3n) is 6.19. The molecule has 0 bridgehead atoms. The summed E-state index contributed by atoms with van der Waals surface area (Å²) < 4.78 is 5.89. The first-order valence-electron chi connectivity index (χ1n) is 12.6. The molecule has 0 aliphatic carbocycles. The number of imidazole rings is 1. The molecule has 0 unspecified atom stereocenters. The number of aryl methyl sites for hydroxylation is 1. The molecule has 0 fully saturated rings. The minimum atomic E-state index is 0.424. The number of benzene rings is 2. The van der Waals surface area contributed by atoms with Crippen LogP contribution in [0.1, 0.15) is 29.9 Å². The van der Waals surface area contributed by atoms with E-state index in [4.69, 9.17) is 20.4 Å². The summed E-state index contributed by atoms with van der Waals surface area (Å²) in [7, 11) is 0. The Balaban J connectivity index is 1.49. The van der Waals surface area contributed by atoms with Crippen molar-refractivity contribution < 1.29 is 4.74 Å². The van der Waals surface area contributed by atoms with Crippen LogP contribution in [-0.2, 0) is 6.54 Å². The van der Waals surface area contributed by atoms with E-state index in [0.717, 1.165) is 69.3 Å². The largest absolute Gasteiger partial charge is 0.492 e. The number of nitrogens with zero attached hydrogens (tertiary/aromatic N) is 4. The van der Waals surface area contributed by atoms with Crippen LogP contribution in [0.15, 0.2) is 72.9 Å². The molecule has 38 heavy (non-hydrogen) atoms. The zero-order valence-electron chi connectivity index (χ0n) is 21.2. The highest BCUT2D eigenvalue weighted by Crippen LogP contribution is 2.32. The number of unbranched alkanes of at least 4 members (excludes halogenated alkanes) is 1. The number of rotatable bonds is 10. The average Bonchev–Trinajstić information content (AvgIpc) is 3.38. The highest BCUT2D eigenvalue weighted by atomic mass is 16.5. The smallest absolute Gasteiger partial charge is 0.138 e. The predicted octanol–water partition coefficient (Wildman–Crippen LogP) is 5.60. The van der Waals surface area contributed by atoms with Crippen LogP contribution < -0.4 is 15.8 Å². The molecule has 2 aromatic carbocycles. The second kappa shape index (κ2) is 11.5. The first-order chi connectivity index (χ1) is 18.6. The quantitative estimate of drug-likeness (QED) is 0.212. The third kappa shape index (κ3) is 5.64. The Bertz CT molecular complexity index is 1600. The van der Waals surface area contributed by atoms with Crippen LogP contribution >= 0.6 is 0 Å². The van der Waals surface area contributed by atoms with Gasteiger partial charge in [0.1, 0.15) is 23.3 Å². The van der Waals surface area contributed by atoms with Crippen molar-refractivity contribution in [3.8, 4) is 34.5 Å². The summed E-state index contributed by atoms with van der Waals surface area (Å²) >= 11 is 0. The number of aromatic amines is 1. The van der Waals surface area contributed by atoms with E-state index in [9.17, 15) is 5.26 Å². The van der Waals surface area contributed by atoms with Crippen LogP contribution in [0.2, 0.25) is 0 Å². The molecule has 5 rings (SSSR count). The van der Waals surface area contributed by atoms with E-state index in [2.05, 4.69) is 27.4 Å². The molecule has 0 spiro atoms. The van der Waals surface area contributed by atoms with E-state index in [-0.39, 0.29) is 0 Å². The topological polar surface area (TPSA) is 126 Å². The van der Waals surface area contributed by atoms with Crippen molar-refractivity contribution in [2.45, 2.75) is 26.3 Å². The molecular formula is C30H29N7O. The fraction of sp³-hybridized carbons (Fsp3) is 0.200. The Morgan fingerprint density at radius 3 is 2.76 bits per heavy atom. The SMILES string of the molecule is Cc1cccc(-c2nc(CNc3ccccc3C#N)[nH]c2-c2ccc3ncc(OCCCCN)cc3c2)n1. The van der Waals surface area contributed by atoms with Crippen LogP contribution in [-0.4, -0.2) is 33.1 Å². The lowest BCUT2D eigenvalue weighted by molar-refractivity contribution is 0.307. The van der Waals surface area contributed by atoms with Crippen molar-refractivity contribution in [2.24, 2.45) is 5.73 Å². The number of hydrogen-bond acceptors (Lipinski definition) is 7. The Kier molecular flexibility index (Phi) is 7.57. The molecule has 0 radical (unpaired) electrons. The van der Waals surface area contributed by atoms with E-state index >= 15 is 0 Å². The lowest BCUT2D eigenvalue weighted by Gasteiger charge is -2.08. The Labute approximate surface area is 221 Å². The fourth-order valence-electron chi connectivity index (χ4n) is 4.27. The predicted molar refractivity (Wildman–Crippen MR) is 150 cm³/mol. The van der Waals surface area contributed by atoms with Gasteiger partial charge >= 0.3 is 0 Å². The van der Waals surface area contributed by atoms with E-state index in [0.29, 0.717) is 25.3 Å². The Morgan fingerprint density at radius 2 is 1.92 bits per heavy atom.